The number of hydrogen-bond donors (Lipinski definition) is 0. The van der Waals surface area contributed by atoms with Gasteiger partial charge in [0.15, 0.2) is 11.5 Å². The van der Waals surface area contributed by atoms with Crippen molar-refractivity contribution in [3.63, 3.8) is 0 Å². The van der Waals surface area contributed by atoms with Crippen molar-refractivity contribution in [2.45, 2.75) is 18.9 Å². The molecule has 3 aliphatic heterocycles. The lowest BCUT2D eigenvalue weighted by atomic mass is 9.94. The number of nitro groups is 1. The molecule has 2 fully saturated rings. The second-order valence-electron chi connectivity index (χ2n) is 11.6. The summed E-state index contributed by atoms with van der Waals surface area (Å²) in [5.74, 6) is -0.758. The van der Waals surface area contributed by atoms with Crippen LogP contribution in [0.2, 0.25) is 0 Å². The SMILES string of the molecule is COc1cc(C(=O)N2CCC[C@H]2C=O)c([N+](=O)[O-])cc1OCCN1CCN(CCN2C(=O)c3cccc4cccc(c34)C2=O)CC1. The molecule has 13 heteroatoms. The van der Waals surface area contributed by atoms with Crippen molar-refractivity contribution in [2.75, 3.05) is 66.1 Å². The summed E-state index contributed by atoms with van der Waals surface area (Å²) in [6.07, 6.45) is 1.88. The lowest BCUT2D eigenvalue weighted by Gasteiger charge is -2.36. The standard InChI is InChI=1S/C33H35N5O8/c1-45-28-19-26(33(42)36-10-4-7-23(36)21-39)27(38(43)44)20-29(28)46-18-17-35-13-11-34(12-14-35)15-16-37-31(40)24-8-2-5-22-6-3-9-25(30(22)24)32(37)41/h2-3,5-6,8-9,19-21,23H,4,7,10-18H2,1H3/t23-/m0/s1. The van der Waals surface area contributed by atoms with E-state index in [0.717, 1.165) is 37.0 Å². The summed E-state index contributed by atoms with van der Waals surface area (Å²) >= 11 is 0. The van der Waals surface area contributed by atoms with E-state index in [2.05, 4.69) is 9.80 Å². The summed E-state index contributed by atoms with van der Waals surface area (Å²) < 4.78 is 11.3. The van der Waals surface area contributed by atoms with Gasteiger partial charge in [-0.25, -0.2) is 0 Å². The first-order chi connectivity index (χ1) is 22.3. The summed E-state index contributed by atoms with van der Waals surface area (Å²) in [4.78, 5) is 69.3. The van der Waals surface area contributed by atoms with Gasteiger partial charge in [-0.2, -0.15) is 0 Å². The van der Waals surface area contributed by atoms with Crippen LogP contribution in [-0.2, 0) is 4.79 Å². The maximum atomic E-state index is 13.2. The van der Waals surface area contributed by atoms with Gasteiger partial charge in [0.2, 0.25) is 0 Å². The Balaban J connectivity index is 1.02. The van der Waals surface area contributed by atoms with Crippen molar-refractivity contribution >= 4 is 40.5 Å². The number of imide groups is 1. The highest BCUT2D eigenvalue weighted by atomic mass is 16.6. The molecule has 3 aliphatic rings. The molecule has 0 radical (unpaired) electrons. The molecule has 0 aliphatic carbocycles. The molecule has 0 unspecified atom stereocenters. The zero-order valence-corrected chi connectivity index (χ0v) is 25.6. The number of ether oxygens (including phenoxy) is 2. The van der Waals surface area contributed by atoms with E-state index < -0.39 is 22.6 Å². The van der Waals surface area contributed by atoms with Crippen LogP contribution in [0.25, 0.3) is 10.8 Å². The Hall–Kier alpha value is -4.88. The second-order valence-corrected chi connectivity index (χ2v) is 11.6. The Bertz CT molecular complexity index is 1650. The quantitative estimate of drug-likeness (QED) is 0.134. The molecular weight excluding hydrogens is 594 g/mol. The second kappa shape index (κ2) is 13.2. The van der Waals surface area contributed by atoms with Gasteiger partial charge in [-0.3, -0.25) is 39.2 Å². The fraction of sp³-hybridized carbons (Fsp3) is 0.394. The maximum absolute atomic E-state index is 13.2. The number of benzene rings is 3. The van der Waals surface area contributed by atoms with Crippen molar-refractivity contribution in [2.24, 2.45) is 0 Å². The summed E-state index contributed by atoms with van der Waals surface area (Å²) in [7, 11) is 1.40. The number of carbonyl (C=O) groups is 4. The molecule has 3 aromatic rings. The van der Waals surface area contributed by atoms with Crippen molar-refractivity contribution < 1.29 is 33.6 Å². The van der Waals surface area contributed by atoms with Crippen molar-refractivity contribution in [3.05, 3.63) is 75.3 Å². The van der Waals surface area contributed by atoms with Gasteiger partial charge in [0.05, 0.1) is 24.1 Å². The van der Waals surface area contributed by atoms with Gasteiger partial charge in [0.25, 0.3) is 23.4 Å². The van der Waals surface area contributed by atoms with Crippen LogP contribution in [-0.4, -0.2) is 121 Å². The van der Waals surface area contributed by atoms with Gasteiger partial charge in [-0.15, -0.1) is 0 Å². The van der Waals surface area contributed by atoms with Crippen molar-refractivity contribution in [1.82, 2.24) is 19.6 Å². The molecular formula is C33H35N5O8. The predicted molar refractivity (Wildman–Crippen MR) is 167 cm³/mol. The van der Waals surface area contributed by atoms with E-state index in [9.17, 15) is 29.3 Å². The van der Waals surface area contributed by atoms with E-state index in [1.54, 1.807) is 12.1 Å². The molecule has 3 amide bonds. The van der Waals surface area contributed by atoms with Gasteiger partial charge >= 0.3 is 0 Å². The molecule has 3 aromatic carbocycles. The minimum atomic E-state index is -0.630. The maximum Gasteiger partial charge on any atom is 0.286 e. The predicted octanol–water partition coefficient (Wildman–Crippen LogP) is 2.85. The van der Waals surface area contributed by atoms with Crippen LogP contribution in [0.4, 0.5) is 5.69 Å². The van der Waals surface area contributed by atoms with Gasteiger partial charge in [-0.1, -0.05) is 24.3 Å². The van der Waals surface area contributed by atoms with Crippen LogP contribution in [0.3, 0.4) is 0 Å². The number of methoxy groups -OCH3 is 1. The third kappa shape index (κ3) is 5.90. The molecule has 1 atom stereocenters. The average molecular weight is 630 g/mol. The topological polar surface area (TPSA) is 143 Å². The Morgan fingerprint density at radius 2 is 1.59 bits per heavy atom. The Morgan fingerprint density at radius 1 is 0.935 bits per heavy atom. The molecule has 0 spiro atoms. The molecule has 6 rings (SSSR count). The lowest BCUT2D eigenvalue weighted by Crippen LogP contribution is -2.50. The van der Waals surface area contributed by atoms with Gasteiger partial charge < -0.3 is 19.2 Å². The number of hydrogen-bond acceptors (Lipinski definition) is 10. The summed E-state index contributed by atoms with van der Waals surface area (Å²) in [6.45, 7) is 4.99. The van der Waals surface area contributed by atoms with Crippen LogP contribution in [0.15, 0.2) is 48.5 Å². The first-order valence-electron chi connectivity index (χ1n) is 15.4. The highest BCUT2D eigenvalue weighted by Crippen LogP contribution is 2.36. The fourth-order valence-electron chi connectivity index (χ4n) is 6.53. The first kappa shape index (κ1) is 31.1. The molecule has 0 bridgehead atoms. The van der Waals surface area contributed by atoms with Crippen LogP contribution in [0.5, 0.6) is 11.5 Å². The minimum Gasteiger partial charge on any atom is -0.493 e. The summed E-state index contributed by atoms with van der Waals surface area (Å²) in [5, 5.41) is 13.5. The smallest absolute Gasteiger partial charge is 0.286 e. The fourth-order valence-corrected chi connectivity index (χ4v) is 6.53. The van der Waals surface area contributed by atoms with E-state index >= 15 is 0 Å². The van der Waals surface area contributed by atoms with Crippen LogP contribution < -0.4 is 9.47 Å². The van der Waals surface area contributed by atoms with E-state index in [-0.39, 0.29) is 35.5 Å². The van der Waals surface area contributed by atoms with Crippen molar-refractivity contribution in [1.29, 1.82) is 0 Å². The number of likely N-dealkylation sites (tertiary alicyclic amines) is 1. The molecule has 46 heavy (non-hydrogen) atoms. The van der Waals surface area contributed by atoms with Gasteiger partial charge in [0, 0.05) is 74.9 Å². The van der Waals surface area contributed by atoms with Crippen LogP contribution in [0.1, 0.15) is 43.9 Å². The third-order valence-corrected chi connectivity index (χ3v) is 9.05. The molecule has 0 N–H and O–H groups in total. The van der Waals surface area contributed by atoms with E-state index in [1.165, 1.54) is 29.0 Å². The number of piperazine rings is 1. The van der Waals surface area contributed by atoms with E-state index in [0.29, 0.717) is 56.4 Å². The van der Waals surface area contributed by atoms with Gasteiger partial charge in [-0.05, 0) is 30.4 Å². The third-order valence-electron chi connectivity index (χ3n) is 9.05. The molecule has 2 saturated heterocycles. The number of rotatable bonds is 11. The zero-order chi connectivity index (χ0) is 32.4. The number of nitrogens with zero attached hydrogens (tertiary/aromatic N) is 5. The van der Waals surface area contributed by atoms with Crippen LogP contribution >= 0.6 is 0 Å². The summed E-state index contributed by atoms with van der Waals surface area (Å²) in [5.41, 5.74) is 0.558. The van der Waals surface area contributed by atoms with E-state index in [1.807, 2.05) is 24.3 Å². The number of nitro benzene ring substituents is 1. The summed E-state index contributed by atoms with van der Waals surface area (Å²) in [6, 6.07) is 12.9. The number of carbonyl (C=O) groups excluding carboxylic acids is 4. The lowest BCUT2D eigenvalue weighted by molar-refractivity contribution is -0.385. The van der Waals surface area contributed by atoms with E-state index in [4.69, 9.17) is 9.47 Å². The Morgan fingerprint density at radius 3 is 2.20 bits per heavy atom. The Kier molecular flexibility index (Phi) is 8.95. The van der Waals surface area contributed by atoms with Crippen LogP contribution in [0, 0.1) is 10.1 Å². The normalized spacial score (nSPS) is 18.7. The molecule has 240 valence electrons. The largest absolute Gasteiger partial charge is 0.493 e. The molecule has 13 nitrogen and oxygen atoms in total. The van der Waals surface area contributed by atoms with Gasteiger partial charge in [0.1, 0.15) is 18.5 Å². The number of amides is 3. The molecule has 0 saturated carbocycles. The Labute approximate surface area is 265 Å². The number of aldehydes is 1. The minimum absolute atomic E-state index is 0.145. The molecule has 0 aromatic heterocycles. The molecule has 3 heterocycles. The first-order valence-corrected chi connectivity index (χ1v) is 15.4. The van der Waals surface area contributed by atoms with Crippen molar-refractivity contribution in [3.8, 4) is 11.5 Å². The highest BCUT2D eigenvalue weighted by Gasteiger charge is 2.35. The average Bonchev–Trinajstić information content (AvgIpc) is 3.56. The highest BCUT2D eigenvalue weighted by molar-refractivity contribution is 6.25. The zero-order valence-electron chi connectivity index (χ0n) is 25.6. The monoisotopic (exact) mass is 629 g/mol.